The van der Waals surface area contributed by atoms with Crippen molar-refractivity contribution in [3.05, 3.63) is 41.1 Å². The lowest BCUT2D eigenvalue weighted by Crippen LogP contribution is -2.12. The predicted molar refractivity (Wildman–Crippen MR) is 113 cm³/mol. The molecule has 2 rings (SSSR count). The van der Waals surface area contributed by atoms with Crippen molar-refractivity contribution in [2.75, 3.05) is 6.61 Å². The first-order chi connectivity index (χ1) is 12.2. The fraction of sp³-hybridized carbons (Fsp3) is 0.565. The Morgan fingerprint density at radius 1 is 1.15 bits per heavy atom. The number of carbonyl (C=O) groups is 1. The molecule has 3 nitrogen and oxygen atoms in total. The summed E-state index contributed by atoms with van der Waals surface area (Å²) in [5.74, 6) is 0.553. The largest absolute Gasteiger partial charge is 0.468 e. The van der Waals surface area contributed by atoms with E-state index in [0.29, 0.717) is 24.4 Å². The second-order valence-electron chi connectivity index (χ2n) is 7.47. The molecular formula is C23H37NO2. The summed E-state index contributed by atoms with van der Waals surface area (Å²) in [7, 11) is 0. The molecule has 0 N–H and O–H groups in total. The Balaban J connectivity index is 0.000000772. The number of nitrogens with zero attached hydrogens (tertiary/aromatic N) is 1. The van der Waals surface area contributed by atoms with E-state index in [2.05, 4.69) is 70.5 Å². The molecule has 0 aliphatic heterocycles. The Morgan fingerprint density at radius 2 is 1.73 bits per heavy atom. The van der Waals surface area contributed by atoms with Crippen molar-refractivity contribution < 1.29 is 9.53 Å². The van der Waals surface area contributed by atoms with Gasteiger partial charge in [0.25, 0.3) is 6.47 Å². The summed E-state index contributed by atoms with van der Waals surface area (Å²) in [6.07, 6.45) is 1.19. The summed E-state index contributed by atoms with van der Waals surface area (Å²) in [5.41, 5.74) is 5.50. The normalized spacial score (nSPS) is 11.6. The zero-order valence-corrected chi connectivity index (χ0v) is 18.1. The molecule has 1 aromatic carbocycles. The van der Waals surface area contributed by atoms with Crippen LogP contribution in [-0.4, -0.2) is 18.1 Å². The van der Waals surface area contributed by atoms with Gasteiger partial charge in [-0.3, -0.25) is 9.78 Å². The van der Waals surface area contributed by atoms with Crippen molar-refractivity contribution in [2.24, 2.45) is 5.41 Å². The molecule has 1 unspecified atom stereocenters. The molecule has 0 saturated heterocycles. The smallest absolute Gasteiger partial charge is 0.293 e. The number of rotatable bonds is 4. The number of benzene rings is 1. The average Bonchev–Trinajstić information content (AvgIpc) is 2.56. The Kier molecular flexibility index (Phi) is 10.8. The van der Waals surface area contributed by atoms with Crippen LogP contribution in [0.3, 0.4) is 0 Å². The predicted octanol–water partition coefficient (Wildman–Crippen LogP) is 6.60. The van der Waals surface area contributed by atoms with Crippen LogP contribution >= 0.6 is 0 Å². The van der Waals surface area contributed by atoms with Crippen LogP contribution in [0.15, 0.2) is 24.3 Å². The molecule has 26 heavy (non-hydrogen) atoms. The van der Waals surface area contributed by atoms with Gasteiger partial charge >= 0.3 is 0 Å². The molecule has 0 aliphatic rings. The van der Waals surface area contributed by atoms with Crippen molar-refractivity contribution in [1.29, 1.82) is 0 Å². The number of ether oxygens (including phenoxy) is 1. The van der Waals surface area contributed by atoms with Crippen LogP contribution in [0.4, 0.5) is 0 Å². The van der Waals surface area contributed by atoms with Gasteiger partial charge in [0, 0.05) is 11.1 Å². The Hall–Kier alpha value is -1.90. The monoisotopic (exact) mass is 359 g/mol. The molecule has 1 aromatic heterocycles. The Morgan fingerprint density at radius 3 is 2.19 bits per heavy atom. The maximum atomic E-state index is 9.18. The topological polar surface area (TPSA) is 39.2 Å². The molecule has 0 aliphatic carbocycles. The van der Waals surface area contributed by atoms with Crippen LogP contribution in [-0.2, 0) is 9.53 Å². The van der Waals surface area contributed by atoms with Crippen LogP contribution < -0.4 is 0 Å². The van der Waals surface area contributed by atoms with Gasteiger partial charge in [0.1, 0.15) is 0 Å². The van der Waals surface area contributed by atoms with Gasteiger partial charge in [0.05, 0.1) is 12.1 Å². The van der Waals surface area contributed by atoms with Gasteiger partial charge in [-0.1, -0.05) is 59.7 Å². The van der Waals surface area contributed by atoms with Gasteiger partial charge in [-0.25, -0.2) is 0 Å². The van der Waals surface area contributed by atoms with Gasteiger partial charge in [-0.2, -0.15) is 0 Å². The van der Waals surface area contributed by atoms with E-state index >= 15 is 0 Å². The standard InChI is InChI=1S/C18H25N.C3H6O2.C2H6/c1-12(11-18(4,5)6)17-13(2)15-9-7-8-10-16(15)19-14(17)3;1-2-5-3-4;1-2/h7-10,12H,11H2,1-6H3;3H,2H2,1H3;1-2H3. The molecule has 1 heterocycles. The number of hydrogen-bond acceptors (Lipinski definition) is 3. The number of aromatic nitrogens is 1. The van der Waals surface area contributed by atoms with E-state index in [1.807, 2.05) is 13.8 Å². The van der Waals surface area contributed by atoms with Gasteiger partial charge in [-0.05, 0) is 55.7 Å². The van der Waals surface area contributed by atoms with Crippen LogP contribution in [0.25, 0.3) is 10.9 Å². The summed E-state index contributed by atoms with van der Waals surface area (Å²) >= 11 is 0. The highest BCUT2D eigenvalue weighted by Gasteiger charge is 2.21. The fourth-order valence-corrected chi connectivity index (χ4v) is 3.36. The van der Waals surface area contributed by atoms with Crippen LogP contribution in [0.2, 0.25) is 0 Å². The molecule has 146 valence electrons. The first-order valence-electron chi connectivity index (χ1n) is 9.62. The first-order valence-corrected chi connectivity index (χ1v) is 9.62. The Labute approximate surface area is 160 Å². The third kappa shape index (κ3) is 7.55. The molecule has 3 heteroatoms. The highest BCUT2D eigenvalue weighted by molar-refractivity contribution is 5.83. The van der Waals surface area contributed by atoms with Crippen LogP contribution in [0.1, 0.15) is 77.6 Å². The van der Waals surface area contributed by atoms with Crippen molar-refractivity contribution in [1.82, 2.24) is 4.98 Å². The van der Waals surface area contributed by atoms with E-state index in [4.69, 9.17) is 4.98 Å². The zero-order valence-electron chi connectivity index (χ0n) is 18.1. The van der Waals surface area contributed by atoms with E-state index in [0.717, 1.165) is 5.52 Å². The highest BCUT2D eigenvalue weighted by atomic mass is 16.5. The van der Waals surface area contributed by atoms with E-state index < -0.39 is 0 Å². The fourth-order valence-electron chi connectivity index (χ4n) is 3.36. The summed E-state index contributed by atoms with van der Waals surface area (Å²) in [6.45, 7) is 20.3. The first kappa shape index (κ1) is 24.1. The number of aryl methyl sites for hydroxylation is 2. The number of pyridine rings is 1. The minimum absolute atomic E-state index is 0.351. The SMILES string of the molecule is CC.CCOC=O.Cc1nc2ccccc2c(C)c1C(C)CC(C)(C)C. The van der Waals surface area contributed by atoms with E-state index in [1.54, 1.807) is 6.92 Å². The zero-order chi connectivity index (χ0) is 20.3. The second-order valence-corrected chi connectivity index (χ2v) is 7.47. The lowest BCUT2D eigenvalue weighted by molar-refractivity contribution is -0.128. The summed E-state index contributed by atoms with van der Waals surface area (Å²) in [4.78, 5) is 14.0. The average molecular weight is 360 g/mol. The van der Waals surface area contributed by atoms with E-state index in [1.165, 1.54) is 28.6 Å². The minimum Gasteiger partial charge on any atom is -0.468 e. The molecule has 0 amide bonds. The minimum atomic E-state index is 0.351. The van der Waals surface area contributed by atoms with Crippen molar-refractivity contribution in [3.8, 4) is 0 Å². The van der Waals surface area contributed by atoms with Crippen molar-refractivity contribution in [3.63, 3.8) is 0 Å². The molecule has 2 aromatic rings. The molecule has 0 saturated carbocycles. The number of fused-ring (bicyclic) bond motifs is 1. The number of hydrogen-bond donors (Lipinski definition) is 0. The summed E-state index contributed by atoms with van der Waals surface area (Å²) in [5, 5.41) is 1.30. The van der Waals surface area contributed by atoms with Gasteiger partial charge in [0.15, 0.2) is 0 Å². The van der Waals surface area contributed by atoms with E-state index in [9.17, 15) is 4.79 Å². The highest BCUT2D eigenvalue weighted by Crippen LogP contribution is 2.35. The number of carbonyl (C=O) groups excluding carboxylic acids is 1. The molecule has 0 spiro atoms. The molecule has 0 bridgehead atoms. The molecular weight excluding hydrogens is 322 g/mol. The molecule has 1 atom stereocenters. The summed E-state index contributed by atoms with van der Waals surface area (Å²) in [6, 6.07) is 8.45. The van der Waals surface area contributed by atoms with E-state index in [-0.39, 0.29) is 0 Å². The lowest BCUT2D eigenvalue weighted by Gasteiger charge is -2.26. The van der Waals surface area contributed by atoms with Gasteiger partial charge < -0.3 is 4.74 Å². The summed E-state index contributed by atoms with van der Waals surface area (Å²) < 4.78 is 4.15. The van der Waals surface area contributed by atoms with Gasteiger partial charge in [0.2, 0.25) is 0 Å². The third-order valence-corrected chi connectivity index (χ3v) is 4.04. The molecule has 0 fully saturated rings. The second kappa shape index (κ2) is 11.7. The number of para-hydroxylation sites is 1. The maximum Gasteiger partial charge on any atom is 0.293 e. The maximum absolute atomic E-state index is 9.18. The quantitative estimate of drug-likeness (QED) is 0.577. The molecule has 0 radical (unpaired) electrons. The van der Waals surface area contributed by atoms with Crippen LogP contribution in [0, 0.1) is 19.3 Å². The lowest BCUT2D eigenvalue weighted by atomic mass is 9.80. The van der Waals surface area contributed by atoms with Gasteiger partial charge in [-0.15, -0.1) is 0 Å². The van der Waals surface area contributed by atoms with Crippen molar-refractivity contribution in [2.45, 2.75) is 74.7 Å². The third-order valence-electron chi connectivity index (χ3n) is 4.04. The van der Waals surface area contributed by atoms with Crippen molar-refractivity contribution >= 4 is 17.4 Å². The van der Waals surface area contributed by atoms with Crippen LogP contribution in [0.5, 0.6) is 0 Å². The Bertz CT molecular complexity index is 672.